The van der Waals surface area contributed by atoms with Crippen LogP contribution in [0.4, 0.5) is 0 Å². The van der Waals surface area contributed by atoms with Crippen molar-refractivity contribution in [2.24, 2.45) is 5.73 Å². The van der Waals surface area contributed by atoms with Crippen molar-refractivity contribution in [3.63, 3.8) is 0 Å². The van der Waals surface area contributed by atoms with E-state index in [0.717, 1.165) is 21.5 Å². The number of benzene rings is 1. The first-order valence-electron chi connectivity index (χ1n) is 7.28. The Hall–Kier alpha value is -2.22. The molecule has 0 radical (unpaired) electrons. The Kier molecular flexibility index (Phi) is 4.42. The number of aliphatic hydroxyl groups is 1. The van der Waals surface area contributed by atoms with Gasteiger partial charge in [0.15, 0.2) is 0 Å². The molecule has 1 aromatic carbocycles. The number of nitrogens with one attached hydrogen (secondary N) is 2. The Labute approximate surface area is 137 Å². The summed E-state index contributed by atoms with van der Waals surface area (Å²) in [7, 11) is 0. The van der Waals surface area contributed by atoms with E-state index in [-0.39, 0.29) is 25.1 Å². The molecule has 3 rings (SSSR count). The molecule has 2 heterocycles. The number of H-pyrrole nitrogens is 1. The van der Waals surface area contributed by atoms with Gasteiger partial charge in [0.05, 0.1) is 23.2 Å². The molecule has 0 aliphatic carbocycles. The van der Waals surface area contributed by atoms with Crippen LogP contribution < -0.4 is 11.1 Å². The third kappa shape index (κ3) is 3.12. The standard InChI is InChI=1S/C16H18N4O2S/c1-9-14(8-21)23-16(18-9)13(7-17)20-15(22)12-6-10-4-2-3-5-11(10)19-12/h2-6,13,19,21H,7-8,17H2,1H3,(H,20,22)/t13-/m0/s1. The molecule has 0 unspecified atom stereocenters. The van der Waals surface area contributed by atoms with Gasteiger partial charge in [-0.2, -0.15) is 0 Å². The second kappa shape index (κ2) is 6.49. The molecule has 0 fully saturated rings. The van der Waals surface area contributed by atoms with Crippen molar-refractivity contribution in [3.8, 4) is 0 Å². The van der Waals surface area contributed by atoms with E-state index in [1.54, 1.807) is 0 Å². The Morgan fingerprint density at radius 2 is 2.26 bits per heavy atom. The molecule has 0 aliphatic heterocycles. The van der Waals surface area contributed by atoms with Gasteiger partial charge >= 0.3 is 0 Å². The maximum Gasteiger partial charge on any atom is 0.268 e. The summed E-state index contributed by atoms with van der Waals surface area (Å²) in [6, 6.07) is 9.14. The summed E-state index contributed by atoms with van der Waals surface area (Å²) < 4.78 is 0. The lowest BCUT2D eigenvalue weighted by Gasteiger charge is -2.13. The van der Waals surface area contributed by atoms with Gasteiger partial charge in [-0.1, -0.05) is 18.2 Å². The number of nitrogens with two attached hydrogens (primary N) is 1. The molecule has 0 saturated heterocycles. The Morgan fingerprint density at radius 3 is 2.91 bits per heavy atom. The van der Waals surface area contributed by atoms with E-state index in [2.05, 4.69) is 15.3 Å². The SMILES string of the molecule is Cc1nc([C@H](CN)NC(=O)c2cc3ccccc3[nH]2)sc1CO. The predicted molar refractivity (Wildman–Crippen MR) is 90.3 cm³/mol. The van der Waals surface area contributed by atoms with Crippen molar-refractivity contribution >= 4 is 28.1 Å². The van der Waals surface area contributed by atoms with Crippen molar-refractivity contribution in [3.05, 3.63) is 51.6 Å². The highest BCUT2D eigenvalue weighted by molar-refractivity contribution is 7.11. The number of nitrogens with zero attached hydrogens (tertiary/aromatic N) is 1. The molecular formula is C16H18N4O2S. The maximum absolute atomic E-state index is 12.4. The first kappa shape index (κ1) is 15.7. The van der Waals surface area contributed by atoms with E-state index in [9.17, 15) is 9.90 Å². The minimum absolute atomic E-state index is 0.0588. The van der Waals surface area contributed by atoms with Gasteiger partial charge in [-0.25, -0.2) is 4.98 Å². The van der Waals surface area contributed by atoms with E-state index in [4.69, 9.17) is 5.73 Å². The average molecular weight is 330 g/mol. The quantitative estimate of drug-likeness (QED) is 0.573. The van der Waals surface area contributed by atoms with Gasteiger partial charge in [0.25, 0.3) is 5.91 Å². The molecule has 0 saturated carbocycles. The molecular weight excluding hydrogens is 312 g/mol. The van der Waals surface area contributed by atoms with Gasteiger partial charge in [-0.3, -0.25) is 4.79 Å². The molecule has 0 aliphatic rings. The summed E-state index contributed by atoms with van der Waals surface area (Å²) in [5, 5.41) is 13.9. The zero-order valence-corrected chi connectivity index (χ0v) is 13.5. The fraction of sp³-hybridized carbons (Fsp3) is 0.250. The van der Waals surface area contributed by atoms with Crippen LogP contribution in [0.15, 0.2) is 30.3 Å². The normalized spacial score (nSPS) is 12.5. The van der Waals surface area contributed by atoms with E-state index < -0.39 is 0 Å². The van der Waals surface area contributed by atoms with Crippen molar-refractivity contribution in [2.45, 2.75) is 19.6 Å². The van der Waals surface area contributed by atoms with E-state index >= 15 is 0 Å². The summed E-state index contributed by atoms with van der Waals surface area (Å²) in [6.45, 7) is 2.01. The highest BCUT2D eigenvalue weighted by atomic mass is 32.1. The number of aliphatic hydroxyl groups excluding tert-OH is 1. The van der Waals surface area contributed by atoms with Crippen LogP contribution >= 0.6 is 11.3 Å². The summed E-state index contributed by atoms with van der Waals surface area (Å²) >= 11 is 1.37. The summed E-state index contributed by atoms with van der Waals surface area (Å²) in [6.07, 6.45) is 0. The first-order chi connectivity index (χ1) is 11.1. The fourth-order valence-corrected chi connectivity index (χ4v) is 3.39. The fourth-order valence-electron chi connectivity index (χ4n) is 2.40. The van der Waals surface area contributed by atoms with Crippen LogP contribution in [0, 0.1) is 6.92 Å². The number of thiazole rings is 1. The van der Waals surface area contributed by atoms with Gasteiger partial charge in [-0.05, 0) is 19.1 Å². The molecule has 2 aromatic heterocycles. The lowest BCUT2D eigenvalue weighted by Crippen LogP contribution is -2.33. The third-order valence-electron chi connectivity index (χ3n) is 3.67. The number of rotatable bonds is 5. The number of aromatic amines is 1. The Morgan fingerprint density at radius 1 is 1.48 bits per heavy atom. The summed E-state index contributed by atoms with van der Waals surface area (Å²) in [4.78, 5) is 20.7. The molecule has 1 amide bonds. The molecule has 23 heavy (non-hydrogen) atoms. The zero-order chi connectivity index (χ0) is 16.4. The minimum atomic E-state index is -0.377. The number of hydrogen-bond donors (Lipinski definition) is 4. The van der Waals surface area contributed by atoms with Gasteiger partial charge in [-0.15, -0.1) is 11.3 Å². The van der Waals surface area contributed by atoms with Crippen LogP contribution in [0.25, 0.3) is 10.9 Å². The average Bonchev–Trinajstić information content (AvgIpc) is 3.15. The van der Waals surface area contributed by atoms with Crippen LogP contribution in [-0.4, -0.2) is 27.5 Å². The zero-order valence-electron chi connectivity index (χ0n) is 12.7. The maximum atomic E-state index is 12.4. The predicted octanol–water partition coefficient (Wildman–Crippen LogP) is 1.85. The number of aryl methyl sites for hydroxylation is 1. The number of para-hydroxylation sites is 1. The van der Waals surface area contributed by atoms with Crippen LogP contribution in [-0.2, 0) is 6.61 Å². The van der Waals surface area contributed by atoms with Gasteiger partial charge in [0.1, 0.15) is 10.7 Å². The van der Waals surface area contributed by atoms with Gasteiger partial charge in [0, 0.05) is 17.4 Å². The number of aromatic nitrogens is 2. The number of fused-ring (bicyclic) bond motifs is 1. The second-order valence-electron chi connectivity index (χ2n) is 5.25. The smallest absolute Gasteiger partial charge is 0.268 e. The monoisotopic (exact) mass is 330 g/mol. The van der Waals surface area contributed by atoms with Crippen LogP contribution in [0.2, 0.25) is 0 Å². The molecule has 7 heteroatoms. The molecule has 3 aromatic rings. The van der Waals surface area contributed by atoms with Crippen molar-refractivity contribution in [2.75, 3.05) is 6.54 Å². The second-order valence-corrected chi connectivity index (χ2v) is 6.37. The minimum Gasteiger partial charge on any atom is -0.391 e. The number of carbonyl (C=O) groups excluding carboxylic acids is 1. The molecule has 1 atom stereocenters. The molecule has 6 nitrogen and oxygen atoms in total. The molecule has 0 bridgehead atoms. The molecule has 120 valence electrons. The van der Waals surface area contributed by atoms with E-state index in [1.807, 2.05) is 37.3 Å². The van der Waals surface area contributed by atoms with E-state index in [0.29, 0.717) is 10.7 Å². The third-order valence-corrected chi connectivity index (χ3v) is 4.92. The van der Waals surface area contributed by atoms with Crippen LogP contribution in [0.3, 0.4) is 0 Å². The lowest BCUT2D eigenvalue weighted by atomic mass is 10.2. The Balaban J connectivity index is 1.81. The molecule has 0 spiro atoms. The Bertz CT molecular complexity index is 807. The van der Waals surface area contributed by atoms with Crippen molar-refractivity contribution in [1.29, 1.82) is 0 Å². The largest absolute Gasteiger partial charge is 0.391 e. The number of carbonyl (C=O) groups is 1. The van der Waals surface area contributed by atoms with Crippen LogP contribution in [0.1, 0.15) is 32.1 Å². The van der Waals surface area contributed by atoms with Crippen molar-refractivity contribution < 1.29 is 9.90 Å². The summed E-state index contributed by atoms with van der Waals surface area (Å²) in [5.41, 5.74) is 7.95. The highest BCUT2D eigenvalue weighted by Gasteiger charge is 2.20. The first-order valence-corrected chi connectivity index (χ1v) is 8.09. The topological polar surface area (TPSA) is 104 Å². The van der Waals surface area contributed by atoms with Gasteiger partial charge in [0.2, 0.25) is 0 Å². The van der Waals surface area contributed by atoms with E-state index in [1.165, 1.54) is 11.3 Å². The highest BCUT2D eigenvalue weighted by Crippen LogP contribution is 2.24. The van der Waals surface area contributed by atoms with Crippen molar-refractivity contribution in [1.82, 2.24) is 15.3 Å². The van der Waals surface area contributed by atoms with Crippen LogP contribution in [0.5, 0.6) is 0 Å². The number of hydrogen-bond acceptors (Lipinski definition) is 5. The summed E-state index contributed by atoms with van der Waals surface area (Å²) in [5.74, 6) is -0.227. The lowest BCUT2D eigenvalue weighted by molar-refractivity contribution is 0.0933. The molecule has 5 N–H and O–H groups in total. The van der Waals surface area contributed by atoms with Gasteiger partial charge < -0.3 is 21.1 Å². The number of amides is 1.